The molecule has 0 radical (unpaired) electrons. The van der Waals surface area contributed by atoms with Crippen LogP contribution < -0.4 is 0 Å². The molecule has 0 spiro atoms. The fourth-order valence-electron chi connectivity index (χ4n) is 4.79. The summed E-state index contributed by atoms with van der Waals surface area (Å²) >= 11 is 0. The largest absolute Gasteiger partial charge is 0.376 e. The smallest absolute Gasteiger partial charge is 0.252 e. The summed E-state index contributed by atoms with van der Waals surface area (Å²) in [6.07, 6.45) is 7.10. The molecule has 3 fully saturated rings. The van der Waals surface area contributed by atoms with Gasteiger partial charge in [-0.1, -0.05) is 19.3 Å². The number of hydrogen-bond acceptors (Lipinski definition) is 4. The van der Waals surface area contributed by atoms with Gasteiger partial charge in [-0.25, -0.2) is 0 Å². The monoisotopic (exact) mass is 267 g/mol. The predicted molar refractivity (Wildman–Crippen MR) is 68.1 cm³/mol. The van der Waals surface area contributed by atoms with Gasteiger partial charge in [-0.3, -0.25) is 14.9 Å². The summed E-state index contributed by atoms with van der Waals surface area (Å²) in [5, 5.41) is 22.0. The first-order valence-electron chi connectivity index (χ1n) is 7.46. The van der Waals surface area contributed by atoms with Gasteiger partial charge in [-0.15, -0.1) is 0 Å². The summed E-state index contributed by atoms with van der Waals surface area (Å²) in [6, 6.07) is -1.06. The van der Waals surface area contributed by atoms with Gasteiger partial charge in [-0.2, -0.15) is 0 Å². The van der Waals surface area contributed by atoms with Gasteiger partial charge in [0.2, 0.25) is 0 Å². The van der Waals surface area contributed by atoms with Crippen LogP contribution >= 0.6 is 0 Å². The lowest BCUT2D eigenvalue weighted by molar-refractivity contribution is -0.549. The highest BCUT2D eigenvalue weighted by atomic mass is 16.6. The van der Waals surface area contributed by atoms with Crippen LogP contribution in [-0.2, 0) is 4.79 Å². The quantitative estimate of drug-likeness (QED) is 0.612. The number of Topliss-reactive ketones (excluding diaryl/α,β-unsaturated/α-hetero) is 1. The van der Waals surface area contributed by atoms with Crippen molar-refractivity contribution in [3.8, 4) is 0 Å². The summed E-state index contributed by atoms with van der Waals surface area (Å²) in [7, 11) is 0. The Morgan fingerprint density at radius 3 is 2.47 bits per heavy atom. The number of nitro groups is 1. The number of carbonyl (C=O) groups is 1. The van der Waals surface area contributed by atoms with Crippen LogP contribution in [0.25, 0.3) is 0 Å². The lowest BCUT2D eigenvalue weighted by atomic mass is 9.73. The molecule has 0 saturated heterocycles. The second-order valence-corrected chi connectivity index (χ2v) is 6.49. The fraction of sp³-hybridized carbons (Fsp3) is 0.929. The van der Waals surface area contributed by atoms with Crippen molar-refractivity contribution >= 4 is 5.78 Å². The molecule has 3 saturated carbocycles. The number of nitrogens with zero attached hydrogens (tertiary/aromatic N) is 1. The molecule has 3 aliphatic rings. The van der Waals surface area contributed by atoms with Gasteiger partial charge >= 0.3 is 0 Å². The number of fused-ring (bicyclic) bond motifs is 2. The molecule has 3 aliphatic carbocycles. The molecule has 0 amide bonds. The van der Waals surface area contributed by atoms with E-state index in [0.29, 0.717) is 0 Å². The highest BCUT2D eigenvalue weighted by molar-refractivity contribution is 5.93. The Labute approximate surface area is 112 Å². The van der Waals surface area contributed by atoms with Crippen LogP contribution in [0.1, 0.15) is 51.4 Å². The molecule has 0 aromatic carbocycles. The highest BCUT2D eigenvalue weighted by Gasteiger charge is 2.68. The average molecular weight is 267 g/mol. The lowest BCUT2D eigenvalue weighted by Crippen LogP contribution is -2.50. The minimum atomic E-state index is -1.67. The Bertz CT molecular complexity index is 404. The van der Waals surface area contributed by atoms with Crippen LogP contribution in [-0.4, -0.2) is 27.5 Å². The molecule has 2 bridgehead atoms. The maximum Gasteiger partial charge on any atom is 0.252 e. The summed E-state index contributed by atoms with van der Waals surface area (Å²) in [6.45, 7) is 0. The van der Waals surface area contributed by atoms with Gasteiger partial charge in [0.15, 0.2) is 11.4 Å². The van der Waals surface area contributed by atoms with Crippen LogP contribution in [0.3, 0.4) is 0 Å². The molecule has 0 aliphatic heterocycles. The number of hydrogen-bond donors (Lipinski definition) is 1. The first-order valence-corrected chi connectivity index (χ1v) is 7.46. The van der Waals surface area contributed by atoms with Crippen molar-refractivity contribution in [3.63, 3.8) is 0 Å². The number of rotatable bonds is 2. The van der Waals surface area contributed by atoms with Gasteiger partial charge < -0.3 is 5.11 Å². The summed E-state index contributed by atoms with van der Waals surface area (Å²) in [5.41, 5.74) is -1.67. The Morgan fingerprint density at radius 1 is 1.16 bits per heavy atom. The van der Waals surface area contributed by atoms with E-state index in [1.807, 2.05) is 0 Å². The Hall–Kier alpha value is -0.970. The van der Waals surface area contributed by atoms with Gasteiger partial charge in [0, 0.05) is 16.8 Å². The standard InChI is InChI=1S/C14H21NO4/c16-13-10-7-4-8-14(13,17)12(15(18)19)11(10)9-5-2-1-3-6-9/h9-12,17H,1-8H2/t10-,11-,12-,14-/m0/s1. The number of ketones is 1. The van der Waals surface area contributed by atoms with Crippen LogP contribution in [0, 0.1) is 27.9 Å². The maximum absolute atomic E-state index is 12.3. The minimum absolute atomic E-state index is 0.227. The zero-order valence-corrected chi connectivity index (χ0v) is 11.1. The van der Waals surface area contributed by atoms with Crippen LogP contribution in [0.5, 0.6) is 0 Å². The molecule has 0 aromatic rings. The molecule has 5 heteroatoms. The third-order valence-electron chi connectivity index (χ3n) is 5.58. The zero-order valence-electron chi connectivity index (χ0n) is 11.1. The van der Waals surface area contributed by atoms with E-state index in [0.717, 1.165) is 38.5 Å². The molecule has 4 atom stereocenters. The highest BCUT2D eigenvalue weighted by Crippen LogP contribution is 2.52. The molecule has 1 N–H and O–H groups in total. The normalized spacial score (nSPS) is 43.4. The molecule has 106 valence electrons. The maximum atomic E-state index is 12.3. The van der Waals surface area contributed by atoms with E-state index in [9.17, 15) is 20.0 Å². The van der Waals surface area contributed by atoms with Crippen LogP contribution in [0.15, 0.2) is 0 Å². The second-order valence-electron chi connectivity index (χ2n) is 6.49. The molecule has 19 heavy (non-hydrogen) atoms. The number of carbonyl (C=O) groups excluding carboxylic acids is 1. The topological polar surface area (TPSA) is 80.4 Å². The third kappa shape index (κ3) is 1.82. The van der Waals surface area contributed by atoms with Gasteiger partial charge in [0.1, 0.15) is 0 Å². The van der Waals surface area contributed by atoms with Crippen LogP contribution in [0.2, 0.25) is 0 Å². The molecular weight excluding hydrogens is 246 g/mol. The fourth-order valence-corrected chi connectivity index (χ4v) is 4.79. The summed E-state index contributed by atoms with van der Waals surface area (Å²) < 4.78 is 0. The first-order chi connectivity index (χ1) is 9.05. The van der Waals surface area contributed by atoms with E-state index in [1.165, 1.54) is 6.42 Å². The van der Waals surface area contributed by atoms with Crippen molar-refractivity contribution in [1.29, 1.82) is 0 Å². The van der Waals surface area contributed by atoms with E-state index >= 15 is 0 Å². The molecule has 0 unspecified atom stereocenters. The van der Waals surface area contributed by atoms with E-state index < -0.39 is 11.6 Å². The van der Waals surface area contributed by atoms with E-state index in [2.05, 4.69) is 0 Å². The van der Waals surface area contributed by atoms with Crippen molar-refractivity contribution in [3.05, 3.63) is 10.1 Å². The Balaban J connectivity index is 1.96. The van der Waals surface area contributed by atoms with E-state index in [-0.39, 0.29) is 34.9 Å². The molecular formula is C14H21NO4. The van der Waals surface area contributed by atoms with Gasteiger partial charge in [0.05, 0.1) is 0 Å². The van der Waals surface area contributed by atoms with Crippen molar-refractivity contribution < 1.29 is 14.8 Å². The lowest BCUT2D eigenvalue weighted by Gasteiger charge is -2.30. The zero-order chi connectivity index (χ0) is 13.6. The van der Waals surface area contributed by atoms with Crippen molar-refractivity contribution in [2.24, 2.45) is 17.8 Å². The number of aliphatic hydroxyl groups is 1. The van der Waals surface area contributed by atoms with Gasteiger partial charge in [0.25, 0.3) is 6.04 Å². The van der Waals surface area contributed by atoms with Crippen molar-refractivity contribution in [1.82, 2.24) is 0 Å². The second kappa shape index (κ2) is 4.54. The minimum Gasteiger partial charge on any atom is -0.376 e. The predicted octanol–water partition coefficient (Wildman–Crippen LogP) is 1.94. The molecule has 0 heterocycles. The SMILES string of the molecule is O=C1[C@H]2CCC[C@]1(O)[C@@H]([N+](=O)[O-])[C@H]2C1CCCCC1. The van der Waals surface area contributed by atoms with E-state index in [1.54, 1.807) is 0 Å². The summed E-state index contributed by atoms with van der Waals surface area (Å²) in [4.78, 5) is 23.4. The molecule has 0 aromatic heterocycles. The third-order valence-corrected chi connectivity index (χ3v) is 5.58. The van der Waals surface area contributed by atoms with Crippen LogP contribution in [0.4, 0.5) is 0 Å². The molecule has 3 rings (SSSR count). The Kier molecular flexibility index (Phi) is 3.12. The van der Waals surface area contributed by atoms with Gasteiger partial charge in [-0.05, 0) is 38.0 Å². The van der Waals surface area contributed by atoms with E-state index in [4.69, 9.17) is 0 Å². The van der Waals surface area contributed by atoms with Crippen molar-refractivity contribution in [2.75, 3.05) is 0 Å². The molecule has 5 nitrogen and oxygen atoms in total. The average Bonchev–Trinajstić information content (AvgIpc) is 2.53. The van der Waals surface area contributed by atoms with Crippen molar-refractivity contribution in [2.45, 2.75) is 63.0 Å². The first kappa shape index (κ1) is 13.0. The summed E-state index contributed by atoms with van der Waals surface area (Å²) in [5.74, 6) is -0.478. The Morgan fingerprint density at radius 2 is 1.84 bits per heavy atom.